The maximum atomic E-state index is 5.76. The summed E-state index contributed by atoms with van der Waals surface area (Å²) in [7, 11) is 0. The van der Waals surface area contributed by atoms with Crippen molar-refractivity contribution in [2.45, 2.75) is 32.7 Å². The van der Waals surface area contributed by atoms with Crippen molar-refractivity contribution in [1.29, 1.82) is 0 Å². The minimum Gasteiger partial charge on any atom is -0.494 e. The normalized spacial score (nSPS) is 21.5. The van der Waals surface area contributed by atoms with Crippen molar-refractivity contribution in [1.82, 2.24) is 4.90 Å². The van der Waals surface area contributed by atoms with Crippen molar-refractivity contribution in [3.05, 3.63) is 29.8 Å². The van der Waals surface area contributed by atoms with E-state index in [0.29, 0.717) is 12.0 Å². The molecule has 0 aromatic heterocycles. The molecule has 1 fully saturated rings. The number of hydrogen-bond acceptors (Lipinski definition) is 3. The van der Waals surface area contributed by atoms with Crippen molar-refractivity contribution >= 4 is 0 Å². The molecule has 3 heteroatoms. The zero-order chi connectivity index (χ0) is 13.7. The first-order valence-electron chi connectivity index (χ1n) is 7.41. The van der Waals surface area contributed by atoms with E-state index < -0.39 is 0 Å². The molecule has 19 heavy (non-hydrogen) atoms. The number of rotatable bonds is 6. The minimum absolute atomic E-state index is 0.469. The Morgan fingerprint density at radius 1 is 1.37 bits per heavy atom. The summed E-state index contributed by atoms with van der Waals surface area (Å²) in [5.74, 6) is 1.65. The summed E-state index contributed by atoms with van der Waals surface area (Å²) in [4.78, 5) is 2.53. The van der Waals surface area contributed by atoms with Gasteiger partial charge in [-0.3, -0.25) is 4.90 Å². The SMILES string of the molecule is CCCOc1ccc(C(C)N2CCC(CN)C2)cc1. The highest BCUT2D eigenvalue weighted by Gasteiger charge is 2.25. The third kappa shape index (κ3) is 3.71. The predicted molar refractivity (Wildman–Crippen MR) is 79.4 cm³/mol. The van der Waals surface area contributed by atoms with E-state index in [9.17, 15) is 0 Å². The molecule has 1 aromatic carbocycles. The van der Waals surface area contributed by atoms with Gasteiger partial charge in [0.25, 0.3) is 0 Å². The highest BCUT2D eigenvalue weighted by molar-refractivity contribution is 5.29. The molecule has 0 bridgehead atoms. The van der Waals surface area contributed by atoms with Crippen LogP contribution in [0.5, 0.6) is 5.75 Å². The second-order valence-corrected chi connectivity index (χ2v) is 5.48. The quantitative estimate of drug-likeness (QED) is 0.856. The van der Waals surface area contributed by atoms with Gasteiger partial charge in [0.05, 0.1) is 6.61 Å². The fourth-order valence-electron chi connectivity index (χ4n) is 2.68. The molecule has 0 radical (unpaired) electrons. The molecule has 2 unspecified atom stereocenters. The van der Waals surface area contributed by atoms with Gasteiger partial charge in [0, 0.05) is 12.6 Å². The van der Waals surface area contributed by atoms with Gasteiger partial charge in [-0.2, -0.15) is 0 Å². The third-order valence-electron chi connectivity index (χ3n) is 4.03. The molecule has 1 heterocycles. The molecular formula is C16H26N2O. The lowest BCUT2D eigenvalue weighted by Gasteiger charge is -2.24. The van der Waals surface area contributed by atoms with Gasteiger partial charge >= 0.3 is 0 Å². The Hall–Kier alpha value is -1.06. The van der Waals surface area contributed by atoms with Gasteiger partial charge in [-0.05, 0) is 56.5 Å². The number of hydrogen-bond donors (Lipinski definition) is 1. The van der Waals surface area contributed by atoms with Crippen LogP contribution in [0.25, 0.3) is 0 Å². The van der Waals surface area contributed by atoms with Crippen LogP contribution in [0, 0.1) is 5.92 Å². The maximum Gasteiger partial charge on any atom is 0.119 e. The monoisotopic (exact) mass is 262 g/mol. The minimum atomic E-state index is 0.469. The van der Waals surface area contributed by atoms with Gasteiger partial charge in [-0.25, -0.2) is 0 Å². The average molecular weight is 262 g/mol. The van der Waals surface area contributed by atoms with Crippen LogP contribution in [0.4, 0.5) is 0 Å². The summed E-state index contributed by atoms with van der Waals surface area (Å²) in [6, 6.07) is 9.00. The van der Waals surface area contributed by atoms with Gasteiger partial charge in [0.15, 0.2) is 0 Å². The van der Waals surface area contributed by atoms with E-state index in [-0.39, 0.29) is 0 Å². The van der Waals surface area contributed by atoms with Gasteiger partial charge in [0.2, 0.25) is 0 Å². The smallest absolute Gasteiger partial charge is 0.119 e. The van der Waals surface area contributed by atoms with Gasteiger partial charge in [-0.1, -0.05) is 19.1 Å². The third-order valence-corrected chi connectivity index (χ3v) is 4.03. The largest absolute Gasteiger partial charge is 0.494 e. The molecule has 1 aliphatic rings. The second-order valence-electron chi connectivity index (χ2n) is 5.48. The molecule has 106 valence electrons. The van der Waals surface area contributed by atoms with E-state index >= 15 is 0 Å². The molecule has 2 rings (SSSR count). The van der Waals surface area contributed by atoms with Crippen LogP contribution in [-0.2, 0) is 0 Å². The fraction of sp³-hybridized carbons (Fsp3) is 0.625. The van der Waals surface area contributed by atoms with Crippen molar-refractivity contribution in [2.75, 3.05) is 26.2 Å². The molecule has 3 nitrogen and oxygen atoms in total. The molecule has 1 aromatic rings. The van der Waals surface area contributed by atoms with Crippen molar-refractivity contribution in [3.8, 4) is 5.75 Å². The molecule has 2 atom stereocenters. The van der Waals surface area contributed by atoms with Gasteiger partial charge < -0.3 is 10.5 Å². The Labute approximate surface area is 116 Å². The number of likely N-dealkylation sites (tertiary alicyclic amines) is 1. The first-order valence-corrected chi connectivity index (χ1v) is 7.41. The Kier molecular flexibility index (Phi) is 5.23. The molecule has 1 aliphatic heterocycles. The standard InChI is InChI=1S/C16H26N2O/c1-3-10-19-16-6-4-15(5-7-16)13(2)18-9-8-14(11-17)12-18/h4-7,13-14H,3,8-12,17H2,1-2H3. The van der Waals surface area contributed by atoms with Crippen LogP contribution in [0.15, 0.2) is 24.3 Å². The molecule has 0 aliphatic carbocycles. The Balaban J connectivity index is 1.94. The number of nitrogens with zero attached hydrogens (tertiary/aromatic N) is 1. The van der Waals surface area contributed by atoms with E-state index in [4.69, 9.17) is 10.5 Å². The maximum absolute atomic E-state index is 5.76. The molecule has 0 amide bonds. The molecule has 2 N–H and O–H groups in total. The fourth-order valence-corrected chi connectivity index (χ4v) is 2.68. The average Bonchev–Trinajstić information content (AvgIpc) is 2.94. The lowest BCUT2D eigenvalue weighted by Crippen LogP contribution is -2.26. The zero-order valence-electron chi connectivity index (χ0n) is 12.1. The van der Waals surface area contributed by atoms with Crippen molar-refractivity contribution in [3.63, 3.8) is 0 Å². The highest BCUT2D eigenvalue weighted by Crippen LogP contribution is 2.28. The van der Waals surface area contributed by atoms with Crippen LogP contribution in [0.1, 0.15) is 38.3 Å². The van der Waals surface area contributed by atoms with E-state index in [1.165, 1.54) is 12.0 Å². The molecule has 0 saturated carbocycles. The van der Waals surface area contributed by atoms with E-state index in [1.807, 2.05) is 0 Å². The summed E-state index contributed by atoms with van der Waals surface area (Å²) in [5, 5.41) is 0. The summed E-state index contributed by atoms with van der Waals surface area (Å²) in [6.45, 7) is 8.30. The predicted octanol–water partition coefficient (Wildman–Crippen LogP) is 2.82. The van der Waals surface area contributed by atoms with Gasteiger partial charge in [0.1, 0.15) is 5.75 Å². The van der Waals surface area contributed by atoms with E-state index in [1.54, 1.807) is 0 Å². The summed E-state index contributed by atoms with van der Waals surface area (Å²) < 4.78 is 5.62. The van der Waals surface area contributed by atoms with Crippen LogP contribution in [-0.4, -0.2) is 31.1 Å². The van der Waals surface area contributed by atoms with Crippen LogP contribution in [0.3, 0.4) is 0 Å². The number of ether oxygens (including phenoxy) is 1. The Morgan fingerprint density at radius 2 is 2.11 bits per heavy atom. The van der Waals surface area contributed by atoms with Crippen molar-refractivity contribution in [2.24, 2.45) is 11.7 Å². The van der Waals surface area contributed by atoms with Crippen LogP contribution in [0.2, 0.25) is 0 Å². The van der Waals surface area contributed by atoms with Crippen LogP contribution >= 0.6 is 0 Å². The Bertz CT molecular complexity index is 377. The Morgan fingerprint density at radius 3 is 2.68 bits per heavy atom. The van der Waals surface area contributed by atoms with E-state index in [0.717, 1.165) is 38.4 Å². The van der Waals surface area contributed by atoms with Crippen molar-refractivity contribution < 1.29 is 4.74 Å². The molecule has 1 saturated heterocycles. The number of nitrogens with two attached hydrogens (primary N) is 1. The van der Waals surface area contributed by atoms with E-state index in [2.05, 4.69) is 43.0 Å². The van der Waals surface area contributed by atoms with Gasteiger partial charge in [-0.15, -0.1) is 0 Å². The number of benzene rings is 1. The topological polar surface area (TPSA) is 38.5 Å². The lowest BCUT2D eigenvalue weighted by molar-refractivity contribution is 0.253. The zero-order valence-corrected chi connectivity index (χ0v) is 12.1. The molecule has 0 spiro atoms. The first kappa shape index (κ1) is 14.4. The van der Waals surface area contributed by atoms with Crippen LogP contribution < -0.4 is 10.5 Å². The lowest BCUT2D eigenvalue weighted by atomic mass is 10.1. The summed E-state index contributed by atoms with van der Waals surface area (Å²) in [5.41, 5.74) is 7.12. The summed E-state index contributed by atoms with van der Waals surface area (Å²) in [6.07, 6.45) is 2.28. The highest BCUT2D eigenvalue weighted by atomic mass is 16.5. The molecular weight excluding hydrogens is 236 g/mol. The first-order chi connectivity index (χ1) is 9.24. The second kappa shape index (κ2) is 6.92. The summed E-state index contributed by atoms with van der Waals surface area (Å²) >= 11 is 0.